The molecule has 0 bridgehead atoms. The number of H-pyrrole nitrogens is 1. The summed E-state index contributed by atoms with van der Waals surface area (Å²) in [5.74, 6) is 1.63. The molecule has 1 aromatic carbocycles. The van der Waals surface area contributed by atoms with Gasteiger partial charge in [-0.3, -0.25) is 25.1 Å². The quantitative estimate of drug-likeness (QED) is 0.557. The van der Waals surface area contributed by atoms with Gasteiger partial charge in [0.1, 0.15) is 5.82 Å². The van der Waals surface area contributed by atoms with Crippen LogP contribution in [0.4, 0.5) is 11.4 Å². The van der Waals surface area contributed by atoms with Crippen LogP contribution < -0.4 is 4.90 Å². The average Bonchev–Trinajstić information content (AvgIpc) is 3.06. The molecule has 0 aliphatic carbocycles. The number of hydrogen-bond donors (Lipinski definition) is 1. The van der Waals surface area contributed by atoms with Gasteiger partial charge in [0.25, 0.3) is 5.69 Å². The molecule has 3 aromatic rings. The van der Waals surface area contributed by atoms with Crippen LogP contribution in [0.3, 0.4) is 0 Å². The number of non-ortho nitro benzene ring substituents is 1. The number of rotatable bonds is 4. The van der Waals surface area contributed by atoms with Crippen molar-refractivity contribution in [1.29, 1.82) is 0 Å². The van der Waals surface area contributed by atoms with Gasteiger partial charge in [-0.25, -0.2) is 4.98 Å². The Morgan fingerprint density at radius 1 is 1.15 bits per heavy atom. The molecule has 140 valence electrons. The number of nitro benzene ring substituents is 1. The third-order valence-corrected chi connectivity index (χ3v) is 4.83. The van der Waals surface area contributed by atoms with Gasteiger partial charge in [-0.2, -0.15) is 5.10 Å². The highest BCUT2D eigenvalue weighted by Crippen LogP contribution is 2.30. The van der Waals surface area contributed by atoms with Crippen molar-refractivity contribution in [1.82, 2.24) is 25.1 Å². The first-order valence-electron chi connectivity index (χ1n) is 8.90. The number of nitro groups is 1. The summed E-state index contributed by atoms with van der Waals surface area (Å²) < 4.78 is 0. The van der Waals surface area contributed by atoms with E-state index in [9.17, 15) is 10.1 Å². The Bertz CT molecular complexity index is 993. The second kappa shape index (κ2) is 6.92. The van der Waals surface area contributed by atoms with Gasteiger partial charge in [0.05, 0.1) is 17.0 Å². The topological polar surface area (TPSA) is 104 Å². The molecule has 9 heteroatoms. The summed E-state index contributed by atoms with van der Waals surface area (Å²) >= 11 is 0. The summed E-state index contributed by atoms with van der Waals surface area (Å²) in [5.41, 5.74) is 2.79. The number of piperazine rings is 1. The molecular weight excluding hydrogens is 346 g/mol. The number of aryl methyl sites for hydroxylation is 2. The minimum Gasteiger partial charge on any atom is -0.368 e. The van der Waals surface area contributed by atoms with Crippen LogP contribution in [0.25, 0.3) is 10.9 Å². The first-order valence-corrected chi connectivity index (χ1v) is 8.90. The van der Waals surface area contributed by atoms with E-state index in [1.165, 1.54) is 6.07 Å². The number of fused-ring (bicyclic) bond motifs is 1. The molecule has 9 nitrogen and oxygen atoms in total. The normalized spacial score (nSPS) is 15.4. The largest absolute Gasteiger partial charge is 0.368 e. The van der Waals surface area contributed by atoms with Crippen molar-refractivity contribution >= 4 is 22.3 Å². The maximum Gasteiger partial charge on any atom is 0.270 e. The van der Waals surface area contributed by atoms with Crippen molar-refractivity contribution in [2.45, 2.75) is 20.4 Å². The van der Waals surface area contributed by atoms with Crippen LogP contribution in [-0.2, 0) is 6.54 Å². The highest BCUT2D eigenvalue weighted by atomic mass is 16.6. The molecule has 2 aromatic heterocycles. The Morgan fingerprint density at radius 2 is 1.93 bits per heavy atom. The van der Waals surface area contributed by atoms with E-state index in [4.69, 9.17) is 0 Å². The minimum absolute atomic E-state index is 0.0908. The monoisotopic (exact) mass is 367 g/mol. The zero-order valence-corrected chi connectivity index (χ0v) is 15.3. The molecule has 0 atom stereocenters. The maximum atomic E-state index is 11.2. The number of pyridine rings is 1. The van der Waals surface area contributed by atoms with Crippen molar-refractivity contribution in [2.24, 2.45) is 0 Å². The summed E-state index contributed by atoms with van der Waals surface area (Å²) in [7, 11) is 0. The van der Waals surface area contributed by atoms with Gasteiger partial charge in [0, 0.05) is 55.1 Å². The van der Waals surface area contributed by atoms with Crippen molar-refractivity contribution in [2.75, 3.05) is 31.1 Å². The summed E-state index contributed by atoms with van der Waals surface area (Å²) in [6, 6.07) is 6.88. The molecule has 1 aliphatic heterocycles. The van der Waals surface area contributed by atoms with Crippen LogP contribution in [0.5, 0.6) is 0 Å². The molecule has 27 heavy (non-hydrogen) atoms. The molecule has 0 amide bonds. The van der Waals surface area contributed by atoms with E-state index in [0.717, 1.165) is 66.7 Å². The van der Waals surface area contributed by atoms with E-state index in [1.54, 1.807) is 12.1 Å². The zero-order valence-electron chi connectivity index (χ0n) is 15.3. The Kier molecular flexibility index (Phi) is 4.44. The van der Waals surface area contributed by atoms with Gasteiger partial charge >= 0.3 is 0 Å². The molecule has 1 fully saturated rings. The number of anilines is 1. The van der Waals surface area contributed by atoms with Crippen LogP contribution in [-0.4, -0.2) is 56.2 Å². The van der Waals surface area contributed by atoms with E-state index in [0.29, 0.717) is 0 Å². The number of nitrogens with zero attached hydrogens (tertiary/aromatic N) is 6. The summed E-state index contributed by atoms with van der Waals surface area (Å²) in [6.45, 7) is 8.00. The average molecular weight is 367 g/mol. The Labute approximate surface area is 156 Å². The predicted molar refractivity (Wildman–Crippen MR) is 102 cm³/mol. The number of nitrogens with one attached hydrogen (secondary N) is 1. The number of benzene rings is 1. The second-order valence-corrected chi connectivity index (χ2v) is 6.84. The van der Waals surface area contributed by atoms with Crippen molar-refractivity contribution in [3.05, 3.63) is 51.7 Å². The van der Waals surface area contributed by atoms with Gasteiger partial charge in [0.15, 0.2) is 5.82 Å². The molecule has 4 rings (SSSR count). The summed E-state index contributed by atoms with van der Waals surface area (Å²) in [4.78, 5) is 24.3. The smallest absolute Gasteiger partial charge is 0.270 e. The molecule has 1 saturated heterocycles. The maximum absolute atomic E-state index is 11.2. The lowest BCUT2D eigenvalue weighted by Gasteiger charge is -2.36. The molecule has 0 spiro atoms. The van der Waals surface area contributed by atoms with Gasteiger partial charge in [0.2, 0.25) is 0 Å². The highest BCUT2D eigenvalue weighted by Gasteiger charge is 2.21. The van der Waals surface area contributed by atoms with Crippen LogP contribution in [0.1, 0.15) is 17.3 Å². The number of hydrogen-bond acceptors (Lipinski definition) is 7. The Morgan fingerprint density at radius 3 is 2.59 bits per heavy atom. The molecule has 0 unspecified atom stereocenters. The highest BCUT2D eigenvalue weighted by molar-refractivity contribution is 5.93. The fourth-order valence-electron chi connectivity index (χ4n) is 3.51. The molecule has 1 aliphatic rings. The SMILES string of the molecule is Cc1cc(N2CCN(Cc3n[nH]c(C)n3)CC2)c2cc([N+](=O)[O-])ccc2n1. The molecule has 3 heterocycles. The Balaban J connectivity index is 1.56. The molecule has 1 N–H and O–H groups in total. The van der Waals surface area contributed by atoms with Crippen LogP contribution in [0.15, 0.2) is 24.3 Å². The van der Waals surface area contributed by atoms with E-state index in [2.05, 4.69) is 30.0 Å². The van der Waals surface area contributed by atoms with Crippen molar-refractivity contribution in [3.63, 3.8) is 0 Å². The Hall–Kier alpha value is -3.07. The summed E-state index contributed by atoms with van der Waals surface area (Å²) in [6.07, 6.45) is 0. The third kappa shape index (κ3) is 3.59. The van der Waals surface area contributed by atoms with Gasteiger partial charge in [-0.1, -0.05) is 0 Å². The van der Waals surface area contributed by atoms with E-state index >= 15 is 0 Å². The van der Waals surface area contributed by atoms with Gasteiger partial charge in [-0.05, 0) is 26.0 Å². The lowest BCUT2D eigenvalue weighted by molar-refractivity contribution is -0.384. The van der Waals surface area contributed by atoms with E-state index in [-0.39, 0.29) is 10.6 Å². The number of aromatic nitrogens is 4. The third-order valence-electron chi connectivity index (χ3n) is 4.83. The molecule has 0 saturated carbocycles. The molecular formula is C18H21N7O2. The van der Waals surface area contributed by atoms with Crippen molar-refractivity contribution in [3.8, 4) is 0 Å². The van der Waals surface area contributed by atoms with Crippen LogP contribution in [0, 0.1) is 24.0 Å². The second-order valence-electron chi connectivity index (χ2n) is 6.84. The zero-order chi connectivity index (χ0) is 19.0. The van der Waals surface area contributed by atoms with Crippen LogP contribution in [0.2, 0.25) is 0 Å². The van der Waals surface area contributed by atoms with Gasteiger partial charge < -0.3 is 4.90 Å². The lowest BCUT2D eigenvalue weighted by atomic mass is 10.1. The van der Waals surface area contributed by atoms with Crippen molar-refractivity contribution < 1.29 is 4.92 Å². The minimum atomic E-state index is -0.361. The lowest BCUT2D eigenvalue weighted by Crippen LogP contribution is -2.46. The first-order chi connectivity index (χ1) is 13.0. The number of aromatic amines is 1. The predicted octanol–water partition coefficient (Wildman–Crippen LogP) is 2.20. The molecule has 0 radical (unpaired) electrons. The first kappa shape index (κ1) is 17.3. The van der Waals surface area contributed by atoms with Crippen LogP contribution >= 0.6 is 0 Å². The van der Waals surface area contributed by atoms with E-state index in [1.807, 2.05) is 19.9 Å². The summed E-state index contributed by atoms with van der Waals surface area (Å²) in [5, 5.41) is 19.1. The standard InChI is InChI=1S/C18H21N7O2/c1-12-9-17(15-10-14(25(26)27)3-4-16(15)19-12)24-7-5-23(6-8-24)11-18-20-13(2)21-22-18/h3-4,9-10H,5-8,11H2,1-2H3,(H,20,21,22). The van der Waals surface area contributed by atoms with Gasteiger partial charge in [-0.15, -0.1) is 0 Å². The van der Waals surface area contributed by atoms with E-state index < -0.39 is 0 Å². The fourth-order valence-corrected chi connectivity index (χ4v) is 3.51. The fraction of sp³-hybridized carbons (Fsp3) is 0.389.